The largest absolute Gasteiger partial charge is 0.507 e. The molecule has 0 saturated heterocycles. The van der Waals surface area contributed by atoms with Gasteiger partial charge in [0.1, 0.15) is 11.4 Å². The van der Waals surface area contributed by atoms with Gasteiger partial charge in [-0.1, -0.05) is 30.3 Å². The van der Waals surface area contributed by atoms with Gasteiger partial charge >= 0.3 is 0 Å². The first-order valence-corrected chi connectivity index (χ1v) is 6.42. The molecule has 0 saturated carbocycles. The van der Waals surface area contributed by atoms with Crippen LogP contribution >= 0.6 is 0 Å². The van der Waals surface area contributed by atoms with Crippen molar-refractivity contribution in [2.45, 2.75) is 13.0 Å². The molecule has 2 aromatic heterocycles. The average molecular weight is 266 g/mol. The van der Waals surface area contributed by atoms with Gasteiger partial charge in [-0.25, -0.2) is 4.98 Å². The Labute approximate surface area is 116 Å². The normalized spacial score (nSPS) is 12.4. The van der Waals surface area contributed by atoms with Gasteiger partial charge in [0, 0.05) is 12.3 Å². The van der Waals surface area contributed by atoms with Crippen LogP contribution in [0.1, 0.15) is 18.5 Å². The Morgan fingerprint density at radius 2 is 1.90 bits per heavy atom. The summed E-state index contributed by atoms with van der Waals surface area (Å²) < 4.78 is 1.60. The van der Waals surface area contributed by atoms with Crippen molar-refractivity contribution in [3.05, 3.63) is 70.6 Å². The molecule has 2 heterocycles. The quantitative estimate of drug-likeness (QED) is 0.776. The highest BCUT2D eigenvalue weighted by atomic mass is 16.3. The lowest BCUT2D eigenvalue weighted by Crippen LogP contribution is -2.24. The molecule has 0 fully saturated rings. The highest BCUT2D eigenvalue weighted by Crippen LogP contribution is 2.24. The second-order valence-corrected chi connectivity index (χ2v) is 4.70. The van der Waals surface area contributed by atoms with Crippen molar-refractivity contribution in [2.24, 2.45) is 0 Å². The molecule has 20 heavy (non-hydrogen) atoms. The van der Waals surface area contributed by atoms with E-state index in [2.05, 4.69) is 4.98 Å². The van der Waals surface area contributed by atoms with Gasteiger partial charge in [-0.2, -0.15) is 0 Å². The summed E-state index contributed by atoms with van der Waals surface area (Å²) in [5.74, 6) is -0.0328. The molecule has 1 aromatic carbocycles. The minimum absolute atomic E-state index is 0.0328. The monoisotopic (exact) mass is 266 g/mol. The Morgan fingerprint density at radius 3 is 2.65 bits per heavy atom. The zero-order valence-corrected chi connectivity index (χ0v) is 11.0. The topological polar surface area (TPSA) is 55.1 Å². The number of rotatable bonds is 2. The maximum absolute atomic E-state index is 12.2. The van der Waals surface area contributed by atoms with E-state index in [-0.39, 0.29) is 17.4 Å². The molecule has 4 nitrogen and oxygen atoms in total. The summed E-state index contributed by atoms with van der Waals surface area (Å²) in [6, 6.07) is 14.3. The summed E-state index contributed by atoms with van der Waals surface area (Å²) in [6.07, 6.45) is 1.62. The average Bonchev–Trinajstić information content (AvgIpc) is 2.48. The van der Waals surface area contributed by atoms with Crippen molar-refractivity contribution >= 4 is 11.0 Å². The molecule has 3 rings (SSSR count). The number of hydrogen-bond acceptors (Lipinski definition) is 3. The van der Waals surface area contributed by atoms with Crippen molar-refractivity contribution in [2.75, 3.05) is 0 Å². The van der Waals surface area contributed by atoms with E-state index in [0.29, 0.717) is 11.0 Å². The molecule has 1 unspecified atom stereocenters. The van der Waals surface area contributed by atoms with Crippen LogP contribution in [0.2, 0.25) is 0 Å². The maximum Gasteiger partial charge on any atom is 0.256 e. The highest BCUT2D eigenvalue weighted by molar-refractivity contribution is 5.81. The Kier molecular flexibility index (Phi) is 2.99. The molecule has 4 heteroatoms. The molecule has 0 bridgehead atoms. The summed E-state index contributed by atoms with van der Waals surface area (Å²) >= 11 is 0. The molecular formula is C16H14N2O2. The van der Waals surface area contributed by atoms with Crippen LogP contribution in [0.15, 0.2) is 59.5 Å². The van der Waals surface area contributed by atoms with Gasteiger partial charge in [0.15, 0.2) is 0 Å². The standard InChI is InChI=1S/C16H14N2O2/c1-11(12-6-3-2-4-7-12)18-15(20)10-14(19)13-8-5-9-17-16(13)18/h2-11,19H,1H3. The third kappa shape index (κ3) is 1.95. The minimum atomic E-state index is -0.259. The van der Waals surface area contributed by atoms with Crippen molar-refractivity contribution in [3.8, 4) is 5.75 Å². The van der Waals surface area contributed by atoms with Crippen molar-refractivity contribution in [3.63, 3.8) is 0 Å². The SMILES string of the molecule is CC(c1ccccc1)n1c(=O)cc(O)c2cccnc21. The van der Waals surface area contributed by atoms with Crippen LogP contribution in [0, 0.1) is 0 Å². The fourth-order valence-electron chi connectivity index (χ4n) is 2.41. The number of benzene rings is 1. The lowest BCUT2D eigenvalue weighted by molar-refractivity contribution is 0.477. The van der Waals surface area contributed by atoms with Gasteiger partial charge in [-0.3, -0.25) is 9.36 Å². The second kappa shape index (κ2) is 4.81. The number of fused-ring (bicyclic) bond motifs is 1. The zero-order valence-electron chi connectivity index (χ0n) is 11.0. The Hall–Kier alpha value is -2.62. The fourth-order valence-corrected chi connectivity index (χ4v) is 2.41. The maximum atomic E-state index is 12.2. The molecule has 0 aliphatic carbocycles. The smallest absolute Gasteiger partial charge is 0.256 e. The summed E-state index contributed by atoms with van der Waals surface area (Å²) in [4.78, 5) is 16.5. The van der Waals surface area contributed by atoms with E-state index in [1.165, 1.54) is 6.07 Å². The summed E-state index contributed by atoms with van der Waals surface area (Å²) in [7, 11) is 0. The highest BCUT2D eigenvalue weighted by Gasteiger charge is 2.15. The summed E-state index contributed by atoms with van der Waals surface area (Å²) in [6.45, 7) is 1.95. The van der Waals surface area contributed by atoms with Gasteiger partial charge in [0.05, 0.1) is 11.4 Å². The first-order chi connectivity index (χ1) is 9.68. The molecule has 3 aromatic rings. The lowest BCUT2D eigenvalue weighted by Gasteiger charge is -2.17. The number of aromatic hydroxyl groups is 1. The predicted molar refractivity (Wildman–Crippen MR) is 77.9 cm³/mol. The van der Waals surface area contributed by atoms with Crippen LogP contribution in [0.25, 0.3) is 11.0 Å². The minimum Gasteiger partial charge on any atom is -0.507 e. The second-order valence-electron chi connectivity index (χ2n) is 4.70. The molecule has 0 amide bonds. The molecule has 0 radical (unpaired) electrons. The molecular weight excluding hydrogens is 252 g/mol. The van der Waals surface area contributed by atoms with Crippen LogP contribution < -0.4 is 5.56 Å². The van der Waals surface area contributed by atoms with Crippen molar-refractivity contribution in [1.29, 1.82) is 0 Å². The molecule has 0 spiro atoms. The molecule has 0 aliphatic rings. The Balaban J connectivity index is 2.29. The van der Waals surface area contributed by atoms with Crippen LogP contribution in [0.4, 0.5) is 0 Å². The van der Waals surface area contributed by atoms with Crippen LogP contribution in [0.5, 0.6) is 5.75 Å². The van der Waals surface area contributed by atoms with Crippen molar-refractivity contribution < 1.29 is 5.11 Å². The molecule has 1 atom stereocenters. The predicted octanol–water partition coefficient (Wildman–Crippen LogP) is 2.71. The van der Waals surface area contributed by atoms with E-state index in [0.717, 1.165) is 5.56 Å². The third-order valence-electron chi connectivity index (χ3n) is 3.46. The van der Waals surface area contributed by atoms with Crippen LogP contribution in [-0.4, -0.2) is 14.7 Å². The molecule has 100 valence electrons. The van der Waals surface area contributed by atoms with E-state index in [4.69, 9.17) is 0 Å². The van der Waals surface area contributed by atoms with Gasteiger partial charge in [0.2, 0.25) is 0 Å². The molecule has 1 N–H and O–H groups in total. The Morgan fingerprint density at radius 1 is 1.15 bits per heavy atom. The van der Waals surface area contributed by atoms with E-state index in [1.54, 1.807) is 22.9 Å². The van der Waals surface area contributed by atoms with E-state index < -0.39 is 0 Å². The van der Waals surface area contributed by atoms with E-state index in [9.17, 15) is 9.90 Å². The zero-order chi connectivity index (χ0) is 14.1. The first-order valence-electron chi connectivity index (χ1n) is 6.42. The molecule has 0 aliphatic heterocycles. The Bertz CT molecular complexity index is 810. The van der Waals surface area contributed by atoms with E-state index >= 15 is 0 Å². The van der Waals surface area contributed by atoms with E-state index in [1.807, 2.05) is 37.3 Å². The third-order valence-corrected chi connectivity index (χ3v) is 3.46. The van der Waals surface area contributed by atoms with Gasteiger partial charge < -0.3 is 5.11 Å². The summed E-state index contributed by atoms with van der Waals surface area (Å²) in [5.41, 5.74) is 1.26. The van der Waals surface area contributed by atoms with Gasteiger partial charge in [0.25, 0.3) is 5.56 Å². The van der Waals surface area contributed by atoms with Crippen LogP contribution in [-0.2, 0) is 0 Å². The van der Waals surface area contributed by atoms with Gasteiger partial charge in [-0.15, -0.1) is 0 Å². The fraction of sp³-hybridized carbons (Fsp3) is 0.125. The summed E-state index contributed by atoms with van der Waals surface area (Å²) in [5, 5.41) is 10.5. The van der Waals surface area contributed by atoms with Crippen LogP contribution in [0.3, 0.4) is 0 Å². The number of aromatic nitrogens is 2. The number of nitrogens with zero attached hydrogens (tertiary/aromatic N) is 2. The van der Waals surface area contributed by atoms with Crippen molar-refractivity contribution in [1.82, 2.24) is 9.55 Å². The number of hydrogen-bond donors (Lipinski definition) is 1. The number of pyridine rings is 2. The first kappa shape index (κ1) is 12.4. The lowest BCUT2D eigenvalue weighted by atomic mass is 10.1. The van der Waals surface area contributed by atoms with Gasteiger partial charge in [-0.05, 0) is 24.6 Å².